The lowest BCUT2D eigenvalue weighted by Crippen LogP contribution is -2.22. The van der Waals surface area contributed by atoms with E-state index in [9.17, 15) is 23.5 Å². The molecule has 0 fully saturated rings. The maximum absolute atomic E-state index is 13.3. The van der Waals surface area contributed by atoms with Crippen molar-refractivity contribution in [2.45, 2.75) is 19.3 Å². The molecule has 2 unspecified atom stereocenters. The number of ether oxygens (including phenoxy) is 2. The van der Waals surface area contributed by atoms with Gasteiger partial charge in [-0.3, -0.25) is 18.7 Å². The van der Waals surface area contributed by atoms with Gasteiger partial charge in [0.2, 0.25) is 0 Å². The van der Waals surface area contributed by atoms with Gasteiger partial charge in [0.25, 0.3) is 11.8 Å². The third-order valence-electron chi connectivity index (χ3n) is 5.19. The molecule has 2 amide bonds. The zero-order valence-corrected chi connectivity index (χ0v) is 25.0. The summed E-state index contributed by atoms with van der Waals surface area (Å²) >= 11 is 17.4. The summed E-state index contributed by atoms with van der Waals surface area (Å²) in [5.41, 5.74) is 0.515. The van der Waals surface area contributed by atoms with Gasteiger partial charge in [0.1, 0.15) is 16.4 Å². The summed E-state index contributed by atoms with van der Waals surface area (Å²) in [5.74, 6) is -1.24. The second-order valence-electron chi connectivity index (χ2n) is 8.27. The maximum atomic E-state index is 13.3. The summed E-state index contributed by atoms with van der Waals surface area (Å²) in [6.45, 7) is 0.158. The number of carbonyl (C=O) groups excluding carboxylic acids is 2. The smallest absolute Gasteiger partial charge is 0.267 e. The van der Waals surface area contributed by atoms with E-state index in [2.05, 4.69) is 15.6 Å². The Hall–Kier alpha value is -2.33. The Morgan fingerprint density at radius 1 is 1.20 bits per heavy atom. The van der Waals surface area contributed by atoms with Crippen LogP contribution in [0.1, 0.15) is 32.0 Å². The van der Waals surface area contributed by atoms with Crippen molar-refractivity contribution in [3.8, 4) is 5.75 Å². The predicted molar refractivity (Wildman–Crippen MR) is 154 cm³/mol. The van der Waals surface area contributed by atoms with Crippen molar-refractivity contribution in [3.05, 3.63) is 66.9 Å². The van der Waals surface area contributed by atoms with Crippen molar-refractivity contribution < 1.29 is 32.9 Å². The molecule has 16 heteroatoms. The van der Waals surface area contributed by atoms with Gasteiger partial charge >= 0.3 is 0 Å². The average molecular weight is 651 g/mol. The maximum Gasteiger partial charge on any atom is 0.267 e. The molecule has 11 nitrogen and oxygen atoms in total. The van der Waals surface area contributed by atoms with Crippen LogP contribution >= 0.6 is 46.1 Å². The lowest BCUT2D eigenvalue weighted by atomic mass is 10.1. The summed E-state index contributed by atoms with van der Waals surface area (Å²) in [6.07, 6.45) is 0.362. The van der Waals surface area contributed by atoms with Gasteiger partial charge in [0.15, 0.2) is 6.29 Å². The number of halogens is 3. The first-order valence-electron chi connectivity index (χ1n) is 11.4. The molecular formula is C24H24Cl3N4O7S2-. The fraction of sp³-hybridized carbons (Fsp3) is 0.292. The minimum Gasteiger partial charge on any atom is -0.771 e. The molecule has 1 aromatic carbocycles. The number of thiophene rings is 1. The van der Waals surface area contributed by atoms with Crippen molar-refractivity contribution >= 4 is 80.5 Å². The zero-order valence-electron chi connectivity index (χ0n) is 21.1. The van der Waals surface area contributed by atoms with Crippen LogP contribution in [0.4, 0.5) is 11.5 Å². The number of aliphatic hydroxyl groups is 1. The lowest BCUT2D eigenvalue weighted by Gasteiger charge is -2.18. The fourth-order valence-electron chi connectivity index (χ4n) is 3.35. The highest BCUT2D eigenvalue weighted by Gasteiger charge is 2.24. The largest absolute Gasteiger partial charge is 0.771 e. The molecule has 3 aromatic rings. The Morgan fingerprint density at radius 2 is 1.95 bits per heavy atom. The summed E-state index contributed by atoms with van der Waals surface area (Å²) in [4.78, 5) is 32.3. The van der Waals surface area contributed by atoms with Crippen LogP contribution in [0.2, 0.25) is 15.1 Å². The van der Waals surface area contributed by atoms with Crippen molar-refractivity contribution in [1.29, 1.82) is 0 Å². The highest BCUT2D eigenvalue weighted by Crippen LogP contribution is 2.36. The number of aromatic nitrogens is 1. The molecule has 0 spiro atoms. The second kappa shape index (κ2) is 15.1. The fourth-order valence-corrected chi connectivity index (χ4v) is 5.37. The summed E-state index contributed by atoms with van der Waals surface area (Å²) in [6, 6.07) is 5.80. The van der Waals surface area contributed by atoms with Crippen LogP contribution in [-0.4, -0.2) is 68.5 Å². The predicted octanol–water partition coefficient (Wildman–Crippen LogP) is 4.61. The van der Waals surface area contributed by atoms with Crippen LogP contribution in [0.5, 0.6) is 5.75 Å². The molecule has 3 rings (SSSR count). The van der Waals surface area contributed by atoms with E-state index in [-0.39, 0.29) is 63.2 Å². The normalized spacial score (nSPS) is 12.7. The van der Waals surface area contributed by atoms with Crippen LogP contribution < -0.4 is 15.4 Å². The highest BCUT2D eigenvalue weighted by atomic mass is 35.5. The summed E-state index contributed by atoms with van der Waals surface area (Å²) in [5, 5.41) is 17.3. The third-order valence-corrected chi connectivity index (χ3v) is 7.85. The standard InChI is InChI=1S/C24H25Cl3N4O7S2/c1-31(12-40(35)36)10-13-11-39-22(20(13)27)24(34)30-21-16(23(33)29-18-4-3-14(25)9-28-18)7-15(26)8-17(21)38-6-5-19(32)37-2/h3-4,7-9,11,19,32H,5-6,10,12H2,1-2H3,(H,30,34)(H,35,36)(H,28,29,33)/p-1. The molecule has 2 atom stereocenters. The number of anilines is 2. The SMILES string of the molecule is COC(O)CCOc1cc(Cl)cc(C(=O)Nc2ccc(Cl)cn2)c1NC(=O)c1scc(CN(C)CS(=O)[O-])c1Cl. The molecule has 3 N–H and O–H groups in total. The van der Waals surface area contributed by atoms with E-state index >= 15 is 0 Å². The van der Waals surface area contributed by atoms with E-state index in [0.717, 1.165) is 11.3 Å². The van der Waals surface area contributed by atoms with E-state index in [4.69, 9.17) is 44.3 Å². The van der Waals surface area contributed by atoms with Gasteiger partial charge in [-0.05, 0) is 47.3 Å². The number of carbonyl (C=O) groups is 2. The number of nitrogens with zero attached hydrogens (tertiary/aromatic N) is 2. The number of hydrogen-bond donors (Lipinski definition) is 3. The van der Waals surface area contributed by atoms with Crippen LogP contribution in [0.3, 0.4) is 0 Å². The molecule has 0 aliphatic heterocycles. The van der Waals surface area contributed by atoms with E-state index in [1.807, 2.05) is 0 Å². The van der Waals surface area contributed by atoms with Crippen molar-refractivity contribution in [2.24, 2.45) is 0 Å². The Labute approximate surface area is 251 Å². The Balaban J connectivity index is 1.93. The highest BCUT2D eigenvalue weighted by molar-refractivity contribution is 7.79. The first kappa shape index (κ1) is 32.2. The van der Waals surface area contributed by atoms with E-state index in [1.54, 1.807) is 18.5 Å². The third kappa shape index (κ3) is 9.09. The molecular weight excluding hydrogens is 627 g/mol. The van der Waals surface area contributed by atoms with Gasteiger partial charge in [0.05, 0.1) is 33.8 Å². The van der Waals surface area contributed by atoms with E-state index in [0.29, 0.717) is 10.6 Å². The molecule has 40 heavy (non-hydrogen) atoms. The van der Waals surface area contributed by atoms with Gasteiger partial charge in [-0.25, -0.2) is 4.98 Å². The van der Waals surface area contributed by atoms with Gasteiger partial charge in [-0.2, -0.15) is 0 Å². The molecule has 2 heterocycles. The minimum atomic E-state index is -2.28. The molecule has 0 saturated heterocycles. The monoisotopic (exact) mass is 649 g/mol. The quantitative estimate of drug-likeness (QED) is 0.178. The number of rotatable bonds is 13. The Bertz CT molecular complexity index is 1380. The first-order chi connectivity index (χ1) is 19.0. The van der Waals surface area contributed by atoms with Gasteiger partial charge in [-0.1, -0.05) is 34.8 Å². The van der Waals surface area contributed by atoms with Crippen LogP contribution in [-0.2, 0) is 22.4 Å². The Kier molecular flexibility index (Phi) is 12.1. The Morgan fingerprint density at radius 3 is 2.60 bits per heavy atom. The molecule has 0 aliphatic carbocycles. The van der Waals surface area contributed by atoms with Crippen molar-refractivity contribution in [2.75, 3.05) is 37.3 Å². The number of benzene rings is 1. The van der Waals surface area contributed by atoms with Crippen LogP contribution in [0.25, 0.3) is 0 Å². The number of amides is 2. The van der Waals surface area contributed by atoms with Crippen molar-refractivity contribution in [3.63, 3.8) is 0 Å². The van der Waals surface area contributed by atoms with Gasteiger partial charge in [-0.15, -0.1) is 11.3 Å². The van der Waals surface area contributed by atoms with Crippen molar-refractivity contribution in [1.82, 2.24) is 9.88 Å². The molecule has 0 radical (unpaired) electrons. The number of hydrogen-bond acceptors (Lipinski definition) is 10. The summed E-state index contributed by atoms with van der Waals surface area (Å²) < 4.78 is 32.5. The lowest BCUT2D eigenvalue weighted by molar-refractivity contribution is -0.0834. The van der Waals surface area contributed by atoms with Crippen LogP contribution in [0, 0.1) is 0 Å². The topological polar surface area (TPSA) is 153 Å². The van der Waals surface area contributed by atoms with Gasteiger partial charge < -0.3 is 29.8 Å². The van der Waals surface area contributed by atoms with Gasteiger partial charge in [0, 0.05) is 37.4 Å². The average Bonchev–Trinajstić information content (AvgIpc) is 3.25. The molecule has 0 saturated carbocycles. The number of pyridine rings is 1. The molecule has 0 bridgehead atoms. The molecule has 2 aromatic heterocycles. The molecule has 216 valence electrons. The number of nitrogens with one attached hydrogen (secondary N) is 2. The van der Waals surface area contributed by atoms with E-state index in [1.165, 1.54) is 36.4 Å². The molecule has 0 aliphatic rings. The van der Waals surface area contributed by atoms with Crippen LogP contribution in [0.15, 0.2) is 35.8 Å². The zero-order chi connectivity index (χ0) is 29.4. The first-order valence-corrected chi connectivity index (χ1v) is 14.7. The summed E-state index contributed by atoms with van der Waals surface area (Å²) in [7, 11) is 2.93. The number of methoxy groups -OCH3 is 1. The minimum absolute atomic E-state index is 0.00217. The number of aliphatic hydroxyl groups excluding tert-OH is 1. The van der Waals surface area contributed by atoms with E-state index < -0.39 is 29.2 Å². The second-order valence-corrected chi connectivity index (χ2v) is 11.3.